The van der Waals surface area contributed by atoms with Crippen molar-refractivity contribution in [3.05, 3.63) is 63.8 Å². The van der Waals surface area contributed by atoms with E-state index in [1.807, 2.05) is 38.1 Å². The number of rotatable bonds is 2. The third-order valence-electron chi connectivity index (χ3n) is 5.77. The van der Waals surface area contributed by atoms with Crippen LogP contribution in [0.15, 0.2) is 34.7 Å². The molecule has 2 aromatic heterocycles. The molecule has 0 atom stereocenters. The number of aromatic nitrogens is 1. The molecule has 31 heavy (non-hydrogen) atoms. The average molecular weight is 418 g/mol. The van der Waals surface area contributed by atoms with Gasteiger partial charge in [-0.3, -0.25) is 0 Å². The first-order chi connectivity index (χ1) is 16.9. The molecule has 0 radical (unpaired) electrons. The molecule has 0 aliphatic rings. The molecule has 0 unspecified atom stereocenters. The van der Waals surface area contributed by atoms with Crippen LogP contribution in [0.1, 0.15) is 62.5 Å². The molecular formula is C28H31N2O+. The van der Waals surface area contributed by atoms with Crippen molar-refractivity contribution in [1.82, 2.24) is 0 Å². The van der Waals surface area contributed by atoms with E-state index in [-0.39, 0.29) is 17.2 Å². The fourth-order valence-electron chi connectivity index (χ4n) is 4.05. The summed E-state index contributed by atoms with van der Waals surface area (Å²) < 4.78 is 60.0. The van der Waals surface area contributed by atoms with Gasteiger partial charge in [-0.1, -0.05) is 39.0 Å². The largest absolute Gasteiger partial charge is 0.455 e. The Balaban J connectivity index is 2.26. The van der Waals surface area contributed by atoms with E-state index in [1.165, 1.54) is 0 Å². The average Bonchev–Trinajstić information content (AvgIpc) is 3.14. The van der Waals surface area contributed by atoms with Gasteiger partial charge in [-0.2, -0.15) is 9.83 Å². The Morgan fingerprint density at radius 3 is 2.52 bits per heavy atom. The molecule has 0 amide bonds. The topological polar surface area (TPSA) is 40.8 Å². The lowest BCUT2D eigenvalue weighted by molar-refractivity contribution is -0.667. The number of nitriles is 1. The first kappa shape index (κ1) is 14.8. The predicted molar refractivity (Wildman–Crippen MR) is 127 cm³/mol. The van der Waals surface area contributed by atoms with Crippen LogP contribution in [0.3, 0.4) is 0 Å². The molecule has 3 nitrogen and oxygen atoms in total. The molecule has 0 bridgehead atoms. The molecule has 4 rings (SSSR count). The van der Waals surface area contributed by atoms with Crippen LogP contribution < -0.4 is 4.57 Å². The quantitative estimate of drug-likeness (QED) is 0.338. The summed E-state index contributed by atoms with van der Waals surface area (Å²) in [7, 11) is 1.69. The fraction of sp³-hybridized carbons (Fsp3) is 0.357. The number of fused-ring (bicyclic) bond motifs is 3. The highest BCUT2D eigenvalue weighted by molar-refractivity contribution is 6.12. The highest BCUT2D eigenvalue weighted by Gasteiger charge is 2.26. The highest BCUT2D eigenvalue weighted by atomic mass is 16.3. The molecule has 0 N–H and O–H groups in total. The minimum Gasteiger partial charge on any atom is -0.455 e. The molecule has 0 spiro atoms. The molecule has 0 saturated heterocycles. The molecule has 0 aliphatic heterocycles. The standard InChI is InChI=1S/C28H31N2O/c1-16-10-12-24-26(22(16)15-29)21-11-9-17(2)25(27(21)31-24)23-13-20(14-28(5,6)7)18(3)19(4)30(23)8/h9-13H,14H2,1-8H3/q+1/i3D3,13D,14D2. The Bertz CT molecular complexity index is 1630. The number of benzene rings is 2. The number of hydrogen-bond donors (Lipinski definition) is 0. The zero-order valence-electron chi connectivity index (χ0n) is 25.1. The number of hydrogen-bond acceptors (Lipinski definition) is 2. The molecule has 2 aromatic carbocycles. The van der Waals surface area contributed by atoms with Crippen molar-refractivity contribution in [3.8, 4) is 17.3 Å². The first-order valence-electron chi connectivity index (χ1n) is 13.3. The minimum atomic E-state index is -2.62. The van der Waals surface area contributed by atoms with Crippen LogP contribution in [0, 0.1) is 44.4 Å². The van der Waals surface area contributed by atoms with Crippen LogP contribution >= 0.6 is 0 Å². The Morgan fingerprint density at radius 1 is 1.16 bits per heavy atom. The summed E-state index contributed by atoms with van der Waals surface area (Å²) in [6.45, 7) is 7.88. The van der Waals surface area contributed by atoms with E-state index in [1.54, 1.807) is 39.3 Å². The summed E-state index contributed by atoms with van der Waals surface area (Å²) in [4.78, 5) is 0. The van der Waals surface area contributed by atoms with Crippen LogP contribution in [-0.4, -0.2) is 0 Å². The van der Waals surface area contributed by atoms with Crippen LogP contribution in [0.4, 0.5) is 0 Å². The van der Waals surface area contributed by atoms with Crippen molar-refractivity contribution in [1.29, 1.82) is 5.26 Å². The van der Waals surface area contributed by atoms with E-state index in [0.29, 0.717) is 44.5 Å². The molecule has 158 valence electrons. The zero-order chi connectivity index (χ0) is 27.8. The maximum atomic E-state index is 9.85. The molecular weight excluding hydrogens is 380 g/mol. The van der Waals surface area contributed by atoms with Gasteiger partial charge in [0.2, 0.25) is 5.69 Å². The second-order valence-corrected chi connectivity index (χ2v) is 9.22. The molecule has 3 heteroatoms. The van der Waals surface area contributed by atoms with Gasteiger partial charge in [-0.05, 0) is 55.2 Å². The van der Waals surface area contributed by atoms with Gasteiger partial charge in [0.1, 0.15) is 24.3 Å². The lowest BCUT2D eigenvalue weighted by Gasteiger charge is -2.20. The molecule has 4 aromatic rings. The van der Waals surface area contributed by atoms with Crippen molar-refractivity contribution in [2.75, 3.05) is 0 Å². The van der Waals surface area contributed by atoms with Gasteiger partial charge >= 0.3 is 0 Å². The van der Waals surface area contributed by atoms with Crippen molar-refractivity contribution >= 4 is 21.9 Å². The van der Waals surface area contributed by atoms with E-state index < -0.39 is 18.6 Å². The lowest BCUT2D eigenvalue weighted by atomic mass is 9.85. The van der Waals surface area contributed by atoms with Crippen LogP contribution in [0.5, 0.6) is 0 Å². The predicted octanol–water partition coefficient (Wildman–Crippen LogP) is 6.77. The number of pyridine rings is 1. The summed E-state index contributed by atoms with van der Waals surface area (Å²) in [5.41, 5.74) is 3.19. The van der Waals surface area contributed by atoms with Crippen LogP contribution in [-0.2, 0) is 13.4 Å². The normalized spacial score (nSPS) is 15.7. The Kier molecular flexibility index (Phi) is 3.46. The molecule has 0 saturated carbocycles. The van der Waals surface area contributed by atoms with Gasteiger partial charge < -0.3 is 4.42 Å². The number of aryl methyl sites for hydroxylation is 2. The second kappa shape index (κ2) is 7.24. The van der Waals surface area contributed by atoms with Crippen LogP contribution in [0.25, 0.3) is 33.2 Å². The van der Waals surface area contributed by atoms with Gasteiger partial charge in [0.05, 0.1) is 12.5 Å². The maximum absolute atomic E-state index is 9.85. The van der Waals surface area contributed by atoms with Crippen molar-refractivity contribution in [2.24, 2.45) is 12.5 Å². The molecule has 0 aliphatic carbocycles. The summed E-state index contributed by atoms with van der Waals surface area (Å²) >= 11 is 0. The van der Waals surface area contributed by atoms with E-state index in [9.17, 15) is 6.63 Å². The summed E-state index contributed by atoms with van der Waals surface area (Å²) in [5, 5.41) is 11.3. The second-order valence-electron chi connectivity index (χ2n) is 9.22. The van der Waals surface area contributed by atoms with Crippen molar-refractivity contribution < 1.29 is 17.2 Å². The summed E-state index contributed by atoms with van der Waals surface area (Å²) in [6, 6.07) is 9.52. The van der Waals surface area contributed by atoms with Crippen LogP contribution in [0.2, 0.25) is 0 Å². The van der Waals surface area contributed by atoms with Gasteiger partial charge in [-0.15, -0.1) is 0 Å². The third kappa shape index (κ3) is 3.41. The fourth-order valence-corrected chi connectivity index (χ4v) is 4.05. The smallest absolute Gasteiger partial charge is 0.216 e. The van der Waals surface area contributed by atoms with E-state index in [4.69, 9.17) is 11.3 Å². The van der Waals surface area contributed by atoms with E-state index >= 15 is 0 Å². The third-order valence-corrected chi connectivity index (χ3v) is 5.77. The van der Waals surface area contributed by atoms with Gasteiger partial charge in [0.15, 0.2) is 5.69 Å². The molecule has 0 fully saturated rings. The summed E-state index contributed by atoms with van der Waals surface area (Å²) in [6.07, 6.45) is -2.12. The molecule has 2 heterocycles. The highest BCUT2D eigenvalue weighted by Crippen LogP contribution is 2.39. The van der Waals surface area contributed by atoms with E-state index in [0.717, 1.165) is 11.1 Å². The minimum absolute atomic E-state index is 0.133. The van der Waals surface area contributed by atoms with Gasteiger partial charge in [-0.25, -0.2) is 0 Å². The van der Waals surface area contributed by atoms with Crippen molar-refractivity contribution in [2.45, 2.75) is 54.8 Å². The zero-order valence-corrected chi connectivity index (χ0v) is 19.1. The Hall–Kier alpha value is -3.12. The Morgan fingerprint density at radius 2 is 1.87 bits per heavy atom. The summed E-state index contributed by atoms with van der Waals surface area (Å²) in [5.74, 6) is 0. The monoisotopic (exact) mass is 417 g/mol. The van der Waals surface area contributed by atoms with Gasteiger partial charge in [0.25, 0.3) is 0 Å². The number of nitrogens with zero attached hydrogens (tertiary/aromatic N) is 2. The van der Waals surface area contributed by atoms with Crippen molar-refractivity contribution in [3.63, 3.8) is 0 Å². The first-order valence-corrected chi connectivity index (χ1v) is 10.3. The SMILES string of the molecule is [2H]c1c(C([2H])([2H])C(C)(C)C)c(C([2H])([2H])[2H])c(C)[n+](C)c1-c1c(C)ccc2c1oc1ccc(C)c(C#N)c12. The Labute approximate surface area is 193 Å². The number of furan rings is 1. The lowest BCUT2D eigenvalue weighted by Crippen LogP contribution is -2.36. The van der Waals surface area contributed by atoms with Gasteiger partial charge in [0, 0.05) is 36.2 Å². The maximum Gasteiger partial charge on any atom is 0.216 e. The van der Waals surface area contributed by atoms with E-state index in [2.05, 4.69) is 6.07 Å².